The van der Waals surface area contributed by atoms with Crippen molar-refractivity contribution in [2.24, 2.45) is 0 Å². The van der Waals surface area contributed by atoms with Crippen LogP contribution in [0.4, 0.5) is 5.69 Å². The first kappa shape index (κ1) is 15.4. The molecule has 2 aromatic rings. The van der Waals surface area contributed by atoms with Gasteiger partial charge in [0.1, 0.15) is 0 Å². The zero-order valence-electron chi connectivity index (χ0n) is 10.8. The van der Waals surface area contributed by atoms with Crippen molar-refractivity contribution >= 4 is 50.9 Å². The minimum atomic E-state index is -0.218. The third-order valence-corrected chi connectivity index (χ3v) is 5.10. The molecule has 5 heteroatoms. The number of halogens is 2. The first-order chi connectivity index (χ1) is 9.58. The molecule has 1 amide bonds. The standard InChI is InChI=1S/C15H13BrClNOS/c1-10(20-14-9-5-2-6-11(14)16)15(19)18-13-8-4-3-7-12(13)17/h2-10H,1H3,(H,18,19). The fraction of sp³-hybridized carbons (Fsp3) is 0.133. The third-order valence-electron chi connectivity index (χ3n) is 2.64. The van der Waals surface area contributed by atoms with Gasteiger partial charge in [0.05, 0.1) is 16.0 Å². The summed E-state index contributed by atoms with van der Waals surface area (Å²) in [6, 6.07) is 15.0. The number of nitrogens with one attached hydrogen (secondary N) is 1. The molecule has 0 aliphatic carbocycles. The number of amides is 1. The second-order valence-electron chi connectivity index (χ2n) is 4.16. The molecule has 0 spiro atoms. The van der Waals surface area contributed by atoms with Gasteiger partial charge in [-0.2, -0.15) is 0 Å². The zero-order chi connectivity index (χ0) is 14.5. The van der Waals surface area contributed by atoms with Crippen molar-refractivity contribution in [3.05, 3.63) is 58.0 Å². The minimum absolute atomic E-state index is 0.0705. The fourth-order valence-electron chi connectivity index (χ4n) is 1.58. The van der Waals surface area contributed by atoms with Crippen LogP contribution in [-0.2, 0) is 4.79 Å². The van der Waals surface area contributed by atoms with E-state index in [0.717, 1.165) is 9.37 Å². The molecule has 2 rings (SSSR count). The Morgan fingerprint density at radius 2 is 1.85 bits per heavy atom. The Hall–Kier alpha value is -0.970. The van der Waals surface area contributed by atoms with Crippen molar-refractivity contribution in [1.82, 2.24) is 0 Å². The summed E-state index contributed by atoms with van der Waals surface area (Å²) in [6.45, 7) is 1.87. The maximum absolute atomic E-state index is 12.2. The van der Waals surface area contributed by atoms with Crippen LogP contribution in [0.1, 0.15) is 6.92 Å². The Kier molecular flexibility index (Phi) is 5.52. The molecule has 104 valence electrons. The van der Waals surface area contributed by atoms with E-state index in [4.69, 9.17) is 11.6 Å². The minimum Gasteiger partial charge on any atom is -0.324 e. The van der Waals surface area contributed by atoms with Gasteiger partial charge in [0.25, 0.3) is 0 Å². The topological polar surface area (TPSA) is 29.1 Å². The first-order valence-corrected chi connectivity index (χ1v) is 8.09. The summed E-state index contributed by atoms with van der Waals surface area (Å²) >= 11 is 11.0. The molecule has 0 saturated heterocycles. The zero-order valence-corrected chi connectivity index (χ0v) is 13.9. The van der Waals surface area contributed by atoms with E-state index >= 15 is 0 Å². The Morgan fingerprint density at radius 3 is 2.55 bits per heavy atom. The average Bonchev–Trinajstić information content (AvgIpc) is 2.43. The van der Waals surface area contributed by atoms with Gasteiger partial charge in [-0.05, 0) is 47.1 Å². The van der Waals surface area contributed by atoms with Gasteiger partial charge in [0.15, 0.2) is 0 Å². The summed E-state index contributed by atoms with van der Waals surface area (Å²) in [4.78, 5) is 13.2. The van der Waals surface area contributed by atoms with Gasteiger partial charge in [-0.1, -0.05) is 35.9 Å². The molecule has 2 aromatic carbocycles. The Morgan fingerprint density at radius 1 is 1.20 bits per heavy atom. The molecule has 1 atom stereocenters. The van der Waals surface area contributed by atoms with E-state index in [0.29, 0.717) is 10.7 Å². The normalized spacial score (nSPS) is 11.9. The predicted octanol–water partition coefficient (Wildman–Crippen LogP) is 5.22. The Bertz CT molecular complexity index is 620. The number of hydrogen-bond acceptors (Lipinski definition) is 2. The van der Waals surface area contributed by atoms with Crippen molar-refractivity contribution in [3.8, 4) is 0 Å². The molecular weight excluding hydrogens is 358 g/mol. The van der Waals surface area contributed by atoms with E-state index in [1.807, 2.05) is 43.3 Å². The average molecular weight is 371 g/mol. The number of rotatable bonds is 4. The maximum atomic E-state index is 12.2. The SMILES string of the molecule is CC(Sc1ccccc1Br)C(=O)Nc1ccccc1Cl. The van der Waals surface area contributed by atoms with E-state index in [2.05, 4.69) is 21.2 Å². The quantitative estimate of drug-likeness (QED) is 0.747. The molecule has 20 heavy (non-hydrogen) atoms. The molecular formula is C15H13BrClNOS. The summed E-state index contributed by atoms with van der Waals surface area (Å²) in [5, 5.41) is 3.17. The van der Waals surface area contributed by atoms with Crippen LogP contribution < -0.4 is 5.32 Å². The molecule has 2 nitrogen and oxygen atoms in total. The Balaban J connectivity index is 2.03. The summed E-state index contributed by atoms with van der Waals surface area (Å²) in [5.41, 5.74) is 0.638. The van der Waals surface area contributed by atoms with Gasteiger partial charge in [0.2, 0.25) is 5.91 Å². The van der Waals surface area contributed by atoms with Gasteiger partial charge in [-0.25, -0.2) is 0 Å². The van der Waals surface area contributed by atoms with E-state index in [9.17, 15) is 4.79 Å². The molecule has 0 aromatic heterocycles. The van der Waals surface area contributed by atoms with Crippen molar-refractivity contribution in [1.29, 1.82) is 0 Å². The summed E-state index contributed by atoms with van der Waals surface area (Å²) in [7, 11) is 0. The van der Waals surface area contributed by atoms with Crippen LogP contribution in [0.3, 0.4) is 0 Å². The molecule has 0 fully saturated rings. The van der Waals surface area contributed by atoms with Crippen LogP contribution in [0, 0.1) is 0 Å². The molecule has 0 aliphatic rings. The number of anilines is 1. The van der Waals surface area contributed by atoms with Gasteiger partial charge >= 0.3 is 0 Å². The lowest BCUT2D eigenvalue weighted by atomic mass is 10.3. The lowest BCUT2D eigenvalue weighted by Crippen LogP contribution is -2.22. The largest absolute Gasteiger partial charge is 0.324 e. The number of carbonyl (C=O) groups is 1. The monoisotopic (exact) mass is 369 g/mol. The highest BCUT2D eigenvalue weighted by molar-refractivity contribution is 9.10. The van der Waals surface area contributed by atoms with Crippen LogP contribution in [0.15, 0.2) is 57.9 Å². The van der Waals surface area contributed by atoms with E-state index in [1.165, 1.54) is 11.8 Å². The van der Waals surface area contributed by atoms with Crippen LogP contribution >= 0.6 is 39.3 Å². The van der Waals surface area contributed by atoms with Crippen LogP contribution in [-0.4, -0.2) is 11.2 Å². The van der Waals surface area contributed by atoms with Crippen LogP contribution in [0.5, 0.6) is 0 Å². The highest BCUT2D eigenvalue weighted by atomic mass is 79.9. The van der Waals surface area contributed by atoms with Gasteiger partial charge in [-0.15, -0.1) is 11.8 Å². The molecule has 0 heterocycles. The lowest BCUT2D eigenvalue weighted by molar-refractivity contribution is -0.115. The second-order valence-corrected chi connectivity index (χ2v) is 6.80. The maximum Gasteiger partial charge on any atom is 0.237 e. The molecule has 0 aliphatic heterocycles. The van der Waals surface area contributed by atoms with Gasteiger partial charge in [0, 0.05) is 9.37 Å². The molecule has 0 radical (unpaired) electrons. The first-order valence-electron chi connectivity index (χ1n) is 6.04. The van der Waals surface area contributed by atoms with Gasteiger partial charge in [-0.3, -0.25) is 4.79 Å². The second kappa shape index (κ2) is 7.16. The van der Waals surface area contributed by atoms with E-state index in [1.54, 1.807) is 12.1 Å². The highest BCUT2D eigenvalue weighted by Gasteiger charge is 2.16. The molecule has 1 unspecified atom stereocenters. The third kappa shape index (κ3) is 4.01. The summed E-state index contributed by atoms with van der Waals surface area (Å²) < 4.78 is 0.988. The summed E-state index contributed by atoms with van der Waals surface area (Å²) in [6.07, 6.45) is 0. The van der Waals surface area contributed by atoms with E-state index in [-0.39, 0.29) is 11.2 Å². The summed E-state index contributed by atoms with van der Waals surface area (Å²) in [5.74, 6) is -0.0705. The number of para-hydroxylation sites is 1. The number of thioether (sulfide) groups is 1. The fourth-order valence-corrected chi connectivity index (χ4v) is 3.21. The molecule has 1 N–H and O–H groups in total. The van der Waals surface area contributed by atoms with Crippen molar-refractivity contribution < 1.29 is 4.79 Å². The number of hydrogen-bond donors (Lipinski definition) is 1. The molecule has 0 bridgehead atoms. The predicted molar refractivity (Wildman–Crippen MR) is 89.5 cm³/mol. The number of carbonyl (C=O) groups excluding carboxylic acids is 1. The smallest absolute Gasteiger partial charge is 0.237 e. The highest BCUT2D eigenvalue weighted by Crippen LogP contribution is 2.31. The van der Waals surface area contributed by atoms with Crippen LogP contribution in [0.25, 0.3) is 0 Å². The Labute approximate surface area is 136 Å². The van der Waals surface area contributed by atoms with E-state index < -0.39 is 0 Å². The van der Waals surface area contributed by atoms with Gasteiger partial charge < -0.3 is 5.32 Å². The number of benzene rings is 2. The lowest BCUT2D eigenvalue weighted by Gasteiger charge is -2.13. The van der Waals surface area contributed by atoms with Crippen molar-refractivity contribution in [3.63, 3.8) is 0 Å². The van der Waals surface area contributed by atoms with Crippen molar-refractivity contribution in [2.45, 2.75) is 17.1 Å². The molecule has 0 saturated carbocycles. The van der Waals surface area contributed by atoms with Crippen LogP contribution in [0.2, 0.25) is 5.02 Å². The van der Waals surface area contributed by atoms with Crippen molar-refractivity contribution in [2.75, 3.05) is 5.32 Å².